The molecule has 1 unspecified atom stereocenters. The lowest BCUT2D eigenvalue weighted by molar-refractivity contribution is 0.288. The fraction of sp³-hybridized carbons (Fsp3) is 0.333. The van der Waals surface area contributed by atoms with Gasteiger partial charge in [-0.25, -0.2) is 0 Å². The van der Waals surface area contributed by atoms with Gasteiger partial charge in [0.05, 0.1) is 12.6 Å². The van der Waals surface area contributed by atoms with Crippen LogP contribution in [0.1, 0.15) is 34.7 Å². The molecule has 1 N–H and O–H groups in total. The minimum atomic E-state index is 0.212. The molecule has 1 aliphatic rings. The Morgan fingerprint density at radius 3 is 2.67 bits per heavy atom. The van der Waals surface area contributed by atoms with Crippen molar-refractivity contribution < 1.29 is 4.74 Å². The number of hydrogen-bond donors (Lipinski definition) is 1. The predicted molar refractivity (Wildman–Crippen MR) is 90.0 cm³/mol. The second-order valence-corrected chi connectivity index (χ2v) is 6.40. The van der Waals surface area contributed by atoms with Crippen molar-refractivity contribution in [2.75, 3.05) is 13.7 Å². The average Bonchev–Trinajstić information content (AvgIpc) is 2.51. The van der Waals surface area contributed by atoms with E-state index in [-0.39, 0.29) is 6.04 Å². The molecule has 0 aromatic heterocycles. The predicted octanol–water partition coefficient (Wildman–Crippen LogP) is 4.39. The summed E-state index contributed by atoms with van der Waals surface area (Å²) in [6.07, 6.45) is 2.22. The van der Waals surface area contributed by atoms with Gasteiger partial charge in [0.2, 0.25) is 0 Å². The summed E-state index contributed by atoms with van der Waals surface area (Å²) in [7, 11) is 2.01. The molecule has 21 heavy (non-hydrogen) atoms. The van der Waals surface area contributed by atoms with E-state index in [1.54, 1.807) is 0 Å². The number of ether oxygens (including phenoxy) is 1. The molecule has 0 aliphatic carbocycles. The highest BCUT2D eigenvalue weighted by Gasteiger charge is 2.16. The van der Waals surface area contributed by atoms with Crippen molar-refractivity contribution in [3.63, 3.8) is 0 Å². The van der Waals surface area contributed by atoms with Crippen LogP contribution in [0.25, 0.3) is 0 Å². The first-order chi connectivity index (χ1) is 10.2. The second-order valence-electron chi connectivity index (χ2n) is 5.55. The third-order valence-corrected chi connectivity index (χ3v) is 4.96. The Hall–Kier alpha value is -1.32. The number of aryl methyl sites for hydroxylation is 2. The number of hydrogen-bond acceptors (Lipinski definition) is 2. The lowest BCUT2D eigenvalue weighted by Crippen LogP contribution is -2.18. The molecule has 0 fully saturated rings. The number of halogens is 1. The maximum absolute atomic E-state index is 5.71. The zero-order valence-corrected chi connectivity index (χ0v) is 14.0. The molecule has 0 saturated heterocycles. The smallest absolute Gasteiger partial charge is 0.122 e. The van der Waals surface area contributed by atoms with E-state index in [0.717, 1.165) is 29.7 Å². The van der Waals surface area contributed by atoms with Crippen LogP contribution >= 0.6 is 15.9 Å². The molecular formula is C18H20BrNO. The highest BCUT2D eigenvalue weighted by Crippen LogP contribution is 2.31. The largest absolute Gasteiger partial charge is 0.493 e. The summed E-state index contributed by atoms with van der Waals surface area (Å²) in [6, 6.07) is 13.3. The highest BCUT2D eigenvalue weighted by atomic mass is 79.9. The van der Waals surface area contributed by atoms with Gasteiger partial charge in [0, 0.05) is 4.47 Å². The lowest BCUT2D eigenvalue weighted by atomic mass is 9.94. The molecule has 0 bridgehead atoms. The van der Waals surface area contributed by atoms with Gasteiger partial charge in [-0.05, 0) is 61.2 Å². The van der Waals surface area contributed by atoms with Crippen LogP contribution in [-0.4, -0.2) is 13.7 Å². The molecule has 3 heteroatoms. The Balaban J connectivity index is 1.97. The van der Waals surface area contributed by atoms with E-state index < -0.39 is 0 Å². The standard InChI is InChI=1S/C18H20BrNO/c1-12-10-14(5-7-16(12)19)18(20-2)15-6-8-17-13(11-15)4-3-9-21-17/h5-8,10-11,18,20H,3-4,9H2,1-2H3. The molecule has 2 nitrogen and oxygen atoms in total. The Kier molecular flexibility index (Phi) is 4.32. The topological polar surface area (TPSA) is 21.3 Å². The van der Waals surface area contributed by atoms with Crippen LogP contribution in [-0.2, 0) is 6.42 Å². The van der Waals surface area contributed by atoms with Gasteiger partial charge < -0.3 is 10.1 Å². The first-order valence-corrected chi connectivity index (χ1v) is 8.17. The maximum Gasteiger partial charge on any atom is 0.122 e. The number of rotatable bonds is 3. The molecule has 1 aliphatic heterocycles. The van der Waals surface area contributed by atoms with E-state index in [1.807, 2.05) is 7.05 Å². The minimum absolute atomic E-state index is 0.212. The quantitative estimate of drug-likeness (QED) is 0.890. The molecule has 0 radical (unpaired) electrons. The third kappa shape index (κ3) is 2.99. The van der Waals surface area contributed by atoms with E-state index in [9.17, 15) is 0 Å². The zero-order chi connectivity index (χ0) is 14.8. The Morgan fingerprint density at radius 1 is 1.14 bits per heavy atom. The van der Waals surface area contributed by atoms with Crippen molar-refractivity contribution in [2.24, 2.45) is 0 Å². The van der Waals surface area contributed by atoms with Crippen molar-refractivity contribution in [3.8, 4) is 5.75 Å². The molecule has 2 aromatic carbocycles. The average molecular weight is 346 g/mol. The van der Waals surface area contributed by atoms with Gasteiger partial charge in [0.15, 0.2) is 0 Å². The fourth-order valence-electron chi connectivity index (χ4n) is 2.93. The van der Waals surface area contributed by atoms with Gasteiger partial charge in [0.25, 0.3) is 0 Å². The summed E-state index contributed by atoms with van der Waals surface area (Å²) >= 11 is 3.57. The highest BCUT2D eigenvalue weighted by molar-refractivity contribution is 9.10. The van der Waals surface area contributed by atoms with Gasteiger partial charge >= 0.3 is 0 Å². The van der Waals surface area contributed by atoms with Crippen LogP contribution in [0.3, 0.4) is 0 Å². The van der Waals surface area contributed by atoms with Crippen LogP contribution < -0.4 is 10.1 Å². The van der Waals surface area contributed by atoms with E-state index in [1.165, 1.54) is 22.3 Å². The lowest BCUT2D eigenvalue weighted by Gasteiger charge is -2.22. The van der Waals surface area contributed by atoms with Gasteiger partial charge in [-0.2, -0.15) is 0 Å². The van der Waals surface area contributed by atoms with Gasteiger partial charge in [-0.3, -0.25) is 0 Å². The summed E-state index contributed by atoms with van der Waals surface area (Å²) in [5.41, 5.74) is 5.17. The Bertz CT molecular complexity index is 654. The van der Waals surface area contributed by atoms with Crippen molar-refractivity contribution >= 4 is 15.9 Å². The van der Waals surface area contributed by atoms with Crippen molar-refractivity contribution in [1.82, 2.24) is 5.32 Å². The molecule has 1 atom stereocenters. The molecule has 0 amide bonds. The monoisotopic (exact) mass is 345 g/mol. The Morgan fingerprint density at radius 2 is 1.90 bits per heavy atom. The summed E-state index contributed by atoms with van der Waals surface area (Å²) in [4.78, 5) is 0. The van der Waals surface area contributed by atoms with Crippen molar-refractivity contribution in [3.05, 3.63) is 63.1 Å². The SMILES string of the molecule is CNC(c1ccc(Br)c(C)c1)c1ccc2c(c1)CCCO2. The first kappa shape index (κ1) is 14.6. The molecule has 3 rings (SSSR count). The van der Waals surface area contributed by atoms with E-state index in [4.69, 9.17) is 4.74 Å². The van der Waals surface area contributed by atoms with Gasteiger partial charge in [-0.1, -0.05) is 40.2 Å². The van der Waals surface area contributed by atoms with Gasteiger partial charge in [0.1, 0.15) is 5.75 Å². The summed E-state index contributed by atoms with van der Waals surface area (Å²) in [5.74, 6) is 1.05. The molecule has 1 heterocycles. The van der Waals surface area contributed by atoms with E-state index in [0.29, 0.717) is 0 Å². The number of nitrogens with one attached hydrogen (secondary N) is 1. The summed E-state index contributed by atoms with van der Waals surface area (Å²) in [5, 5.41) is 3.43. The molecule has 2 aromatic rings. The fourth-order valence-corrected chi connectivity index (χ4v) is 3.18. The van der Waals surface area contributed by atoms with E-state index in [2.05, 4.69) is 64.6 Å². The minimum Gasteiger partial charge on any atom is -0.493 e. The van der Waals surface area contributed by atoms with Crippen LogP contribution in [0, 0.1) is 6.92 Å². The normalized spacial score (nSPS) is 15.2. The van der Waals surface area contributed by atoms with Crippen LogP contribution in [0.2, 0.25) is 0 Å². The second kappa shape index (κ2) is 6.20. The molecule has 0 spiro atoms. The summed E-state index contributed by atoms with van der Waals surface area (Å²) < 4.78 is 6.86. The number of benzene rings is 2. The van der Waals surface area contributed by atoms with Crippen molar-refractivity contribution in [1.29, 1.82) is 0 Å². The van der Waals surface area contributed by atoms with Crippen LogP contribution in [0.4, 0.5) is 0 Å². The summed E-state index contributed by atoms with van der Waals surface area (Å²) in [6.45, 7) is 2.97. The van der Waals surface area contributed by atoms with E-state index >= 15 is 0 Å². The van der Waals surface area contributed by atoms with Crippen LogP contribution in [0.15, 0.2) is 40.9 Å². The zero-order valence-electron chi connectivity index (χ0n) is 12.4. The van der Waals surface area contributed by atoms with Crippen molar-refractivity contribution in [2.45, 2.75) is 25.8 Å². The Labute approximate surface area is 134 Å². The first-order valence-electron chi connectivity index (χ1n) is 7.38. The van der Waals surface area contributed by atoms with Crippen LogP contribution in [0.5, 0.6) is 5.75 Å². The number of fused-ring (bicyclic) bond motifs is 1. The molecule has 0 saturated carbocycles. The third-order valence-electron chi connectivity index (χ3n) is 4.07. The maximum atomic E-state index is 5.71. The van der Waals surface area contributed by atoms with Gasteiger partial charge in [-0.15, -0.1) is 0 Å². The molecule has 110 valence electrons. The molecular weight excluding hydrogens is 326 g/mol.